The number of nitrogens with zero attached hydrogens (tertiary/aromatic N) is 5. The normalized spacial score (nSPS) is 13.6. The average Bonchev–Trinajstić information content (AvgIpc) is 2.92. The van der Waals surface area contributed by atoms with E-state index in [0.717, 1.165) is 54.4 Å². The highest BCUT2D eigenvalue weighted by Gasteiger charge is 2.18. The van der Waals surface area contributed by atoms with Gasteiger partial charge in [-0.25, -0.2) is 9.97 Å². The van der Waals surface area contributed by atoms with Crippen LogP contribution in [-0.4, -0.2) is 66.6 Å². The van der Waals surface area contributed by atoms with Gasteiger partial charge in [0.1, 0.15) is 17.1 Å². The van der Waals surface area contributed by atoms with Crippen molar-refractivity contribution in [3.8, 4) is 11.5 Å². The lowest BCUT2D eigenvalue weighted by Crippen LogP contribution is -2.43. The van der Waals surface area contributed by atoms with Crippen LogP contribution in [0, 0.1) is 6.92 Å². The van der Waals surface area contributed by atoms with Crippen molar-refractivity contribution in [3.05, 3.63) is 52.9 Å². The van der Waals surface area contributed by atoms with Crippen LogP contribution in [-0.2, 0) is 0 Å². The van der Waals surface area contributed by atoms with E-state index in [1.807, 2.05) is 25.5 Å². The van der Waals surface area contributed by atoms with Crippen LogP contribution in [0.1, 0.15) is 5.56 Å². The molecule has 0 amide bonds. The summed E-state index contributed by atoms with van der Waals surface area (Å²) in [6.07, 6.45) is 5.04. The van der Waals surface area contributed by atoms with Crippen molar-refractivity contribution < 1.29 is 9.26 Å². The fourth-order valence-electron chi connectivity index (χ4n) is 4.34. The Labute approximate surface area is 231 Å². The average molecular weight is 597 g/mol. The van der Waals surface area contributed by atoms with Gasteiger partial charge in [-0.15, -0.1) is 0 Å². The Balaban J connectivity index is 1.44. The highest BCUT2D eigenvalue weighted by atomic mass is 79.9. The second-order valence-electron chi connectivity index (χ2n) is 8.99. The number of methoxy groups -OCH3 is 1. The Bertz CT molecular complexity index is 1450. The molecule has 0 saturated carbocycles. The minimum atomic E-state index is -0.690. The summed E-state index contributed by atoms with van der Waals surface area (Å²) in [6, 6.07) is 7.99. The molecule has 10 nitrogen and oxygen atoms in total. The lowest BCUT2D eigenvalue weighted by atomic mass is 10.1. The standard InChI is InChI=1S/C26H30BrN8O2P/c1-16-13-20(22(36-2)14-21(16)35-11-9-28-10-12-35)33-26-31-15-17(27)25(34-26)32-19-6-5-18-23(30-8-7-29-18)24(19)37-38(3)4/h5-8,13-15,28H,9-12H2,1-4H3,(H2,31,32,33,34). The van der Waals surface area contributed by atoms with Crippen LogP contribution < -0.4 is 30.1 Å². The highest BCUT2D eigenvalue weighted by molar-refractivity contribution is 9.10. The SMILES string of the molecule is COc1cc(N2CCNCC2)c(C)cc1Nc1ncc(Br)c(Nc2ccc3nccnc3c2OP(C)C)n1. The topological polar surface area (TPSA) is 109 Å². The number of hydrogen-bond acceptors (Lipinski definition) is 10. The molecule has 1 aliphatic heterocycles. The smallest absolute Gasteiger partial charge is 0.229 e. The summed E-state index contributed by atoms with van der Waals surface area (Å²) in [6.45, 7) is 10.1. The van der Waals surface area contributed by atoms with Crippen LogP contribution in [0.4, 0.5) is 28.8 Å². The second-order valence-corrected chi connectivity index (χ2v) is 11.6. The molecule has 3 N–H and O–H groups in total. The Morgan fingerprint density at radius 2 is 1.82 bits per heavy atom. The Morgan fingerprint density at radius 1 is 1.03 bits per heavy atom. The van der Waals surface area contributed by atoms with E-state index in [9.17, 15) is 0 Å². The van der Waals surface area contributed by atoms with Crippen molar-refractivity contribution in [3.63, 3.8) is 0 Å². The van der Waals surface area contributed by atoms with Crippen LogP contribution in [0.2, 0.25) is 0 Å². The molecule has 0 spiro atoms. The third-order valence-corrected chi connectivity index (χ3v) is 7.22. The van der Waals surface area contributed by atoms with Gasteiger partial charge >= 0.3 is 0 Å². The van der Waals surface area contributed by atoms with E-state index in [-0.39, 0.29) is 0 Å². The van der Waals surface area contributed by atoms with Crippen LogP contribution in [0.25, 0.3) is 11.0 Å². The molecule has 4 aromatic rings. The number of piperazine rings is 1. The molecule has 0 radical (unpaired) electrons. The van der Waals surface area contributed by atoms with Crippen molar-refractivity contribution in [1.29, 1.82) is 0 Å². The van der Waals surface area contributed by atoms with Gasteiger partial charge in [-0.3, -0.25) is 4.98 Å². The maximum Gasteiger partial charge on any atom is 0.229 e. The quantitative estimate of drug-likeness (QED) is 0.228. The van der Waals surface area contributed by atoms with Gasteiger partial charge in [0.2, 0.25) is 5.95 Å². The lowest BCUT2D eigenvalue weighted by molar-refractivity contribution is 0.416. The predicted molar refractivity (Wildman–Crippen MR) is 158 cm³/mol. The number of ether oxygens (including phenoxy) is 1. The van der Waals surface area contributed by atoms with E-state index in [4.69, 9.17) is 14.2 Å². The van der Waals surface area contributed by atoms with E-state index < -0.39 is 8.15 Å². The maximum absolute atomic E-state index is 6.20. The van der Waals surface area contributed by atoms with Gasteiger partial charge in [0.05, 0.1) is 36.6 Å². The highest BCUT2D eigenvalue weighted by Crippen LogP contribution is 2.41. The molecule has 2 aromatic heterocycles. The molecular weight excluding hydrogens is 567 g/mol. The van der Waals surface area contributed by atoms with Gasteiger partial charge in [-0.1, -0.05) is 0 Å². The Morgan fingerprint density at radius 3 is 2.58 bits per heavy atom. The number of anilines is 5. The molecule has 5 rings (SSSR count). The van der Waals surface area contributed by atoms with Gasteiger partial charge < -0.3 is 30.1 Å². The first-order chi connectivity index (χ1) is 18.4. The molecule has 0 unspecified atom stereocenters. The minimum Gasteiger partial charge on any atom is -0.494 e. The van der Waals surface area contributed by atoms with Crippen molar-refractivity contribution >= 4 is 63.9 Å². The molecule has 2 aromatic carbocycles. The number of hydrogen-bond donors (Lipinski definition) is 3. The molecule has 0 aliphatic carbocycles. The van der Waals surface area contributed by atoms with Gasteiger partial charge in [0, 0.05) is 56.5 Å². The summed E-state index contributed by atoms with van der Waals surface area (Å²) in [4.78, 5) is 20.5. The van der Waals surface area contributed by atoms with E-state index >= 15 is 0 Å². The minimum absolute atomic E-state index is 0.430. The molecule has 0 bridgehead atoms. The molecule has 198 valence electrons. The molecule has 12 heteroatoms. The zero-order chi connectivity index (χ0) is 26.6. The number of aromatic nitrogens is 4. The lowest BCUT2D eigenvalue weighted by Gasteiger charge is -2.31. The summed E-state index contributed by atoms with van der Waals surface area (Å²) in [5.74, 6) is 2.39. The van der Waals surface area contributed by atoms with Gasteiger partial charge in [-0.05, 0) is 59.9 Å². The monoisotopic (exact) mass is 596 g/mol. The number of aryl methyl sites for hydroxylation is 1. The largest absolute Gasteiger partial charge is 0.494 e. The molecule has 1 saturated heterocycles. The molecular formula is C26H30BrN8O2P. The molecule has 1 fully saturated rings. The first kappa shape index (κ1) is 26.3. The molecule has 3 heterocycles. The fourth-order valence-corrected chi connectivity index (χ4v) is 5.18. The van der Waals surface area contributed by atoms with Crippen molar-refractivity contribution in [2.24, 2.45) is 0 Å². The number of halogens is 1. The van der Waals surface area contributed by atoms with Gasteiger partial charge in [0.15, 0.2) is 5.75 Å². The fraction of sp³-hybridized carbons (Fsp3) is 0.308. The molecule has 38 heavy (non-hydrogen) atoms. The number of benzene rings is 2. The van der Waals surface area contributed by atoms with E-state index in [0.29, 0.717) is 27.5 Å². The zero-order valence-electron chi connectivity index (χ0n) is 21.7. The third-order valence-electron chi connectivity index (χ3n) is 6.09. The Hall–Kier alpha value is -3.27. The van der Waals surface area contributed by atoms with Crippen LogP contribution in [0.15, 0.2) is 47.3 Å². The van der Waals surface area contributed by atoms with Crippen LogP contribution in [0.5, 0.6) is 11.5 Å². The first-order valence-corrected chi connectivity index (χ1v) is 15.2. The van der Waals surface area contributed by atoms with Crippen LogP contribution >= 0.6 is 24.1 Å². The first-order valence-electron chi connectivity index (χ1n) is 12.2. The molecule has 1 aliphatic rings. The third kappa shape index (κ3) is 5.75. The summed E-state index contributed by atoms with van der Waals surface area (Å²) < 4.78 is 12.6. The summed E-state index contributed by atoms with van der Waals surface area (Å²) in [7, 11) is 0.984. The van der Waals surface area contributed by atoms with E-state index in [1.165, 1.54) is 5.69 Å². The zero-order valence-corrected chi connectivity index (χ0v) is 24.2. The maximum atomic E-state index is 6.20. The summed E-state index contributed by atoms with van der Waals surface area (Å²) in [5, 5.41) is 10.1. The van der Waals surface area contributed by atoms with E-state index in [1.54, 1.807) is 25.7 Å². The van der Waals surface area contributed by atoms with Crippen molar-refractivity contribution in [2.75, 3.05) is 62.2 Å². The van der Waals surface area contributed by atoms with Gasteiger partial charge in [-0.2, -0.15) is 4.98 Å². The molecule has 0 atom stereocenters. The second kappa shape index (κ2) is 11.6. The van der Waals surface area contributed by atoms with Gasteiger partial charge in [0.25, 0.3) is 0 Å². The number of fused-ring (bicyclic) bond motifs is 1. The summed E-state index contributed by atoms with van der Waals surface area (Å²) in [5.41, 5.74) is 5.33. The summed E-state index contributed by atoms with van der Waals surface area (Å²) >= 11 is 3.58. The van der Waals surface area contributed by atoms with E-state index in [2.05, 4.69) is 70.8 Å². The van der Waals surface area contributed by atoms with Crippen LogP contribution in [0.3, 0.4) is 0 Å². The number of rotatable bonds is 8. The predicted octanol–water partition coefficient (Wildman–Crippen LogP) is 5.43. The Kier molecular flexibility index (Phi) is 8.06. The van der Waals surface area contributed by atoms with Crippen molar-refractivity contribution in [2.45, 2.75) is 6.92 Å². The van der Waals surface area contributed by atoms with Crippen molar-refractivity contribution in [1.82, 2.24) is 25.3 Å². The number of nitrogens with one attached hydrogen (secondary N) is 3.